The van der Waals surface area contributed by atoms with Crippen molar-refractivity contribution in [2.75, 3.05) is 10.8 Å². The van der Waals surface area contributed by atoms with Crippen LogP contribution in [0.3, 0.4) is 0 Å². The van der Waals surface area contributed by atoms with Crippen molar-refractivity contribution in [2.45, 2.75) is 32.1 Å². The zero-order chi connectivity index (χ0) is 14.7. The average molecular weight is 305 g/mol. The van der Waals surface area contributed by atoms with Gasteiger partial charge in [-0.2, -0.15) is 0 Å². The van der Waals surface area contributed by atoms with Crippen LogP contribution >= 0.6 is 12.8 Å². The lowest BCUT2D eigenvalue weighted by molar-refractivity contribution is 0.245. The van der Waals surface area contributed by atoms with Crippen LogP contribution in [0.2, 0.25) is 0 Å². The van der Waals surface area contributed by atoms with Crippen LogP contribution in [0, 0.1) is 5.92 Å². The zero-order valence-electron chi connectivity index (χ0n) is 11.8. The first-order chi connectivity index (χ1) is 10.3. The molecule has 0 spiro atoms. The minimum absolute atomic E-state index is 0.261. The van der Waals surface area contributed by atoms with Gasteiger partial charge in [-0.1, -0.05) is 49.4 Å². The van der Waals surface area contributed by atoms with Gasteiger partial charge in [0.25, 0.3) is 0 Å². The van der Waals surface area contributed by atoms with Crippen LogP contribution in [0.15, 0.2) is 28.8 Å². The predicted molar refractivity (Wildman–Crippen MR) is 85.4 cm³/mol. The van der Waals surface area contributed by atoms with Crippen LogP contribution in [0.25, 0.3) is 11.0 Å². The molecule has 0 unspecified atom stereocenters. The summed E-state index contributed by atoms with van der Waals surface area (Å²) in [4.78, 5) is 12.2. The van der Waals surface area contributed by atoms with Crippen LogP contribution in [-0.4, -0.2) is 17.7 Å². The number of hydrogen-bond acceptors (Lipinski definition) is 4. The second-order valence-electron chi connectivity index (χ2n) is 5.50. The van der Waals surface area contributed by atoms with E-state index in [0.717, 1.165) is 5.39 Å². The van der Waals surface area contributed by atoms with Gasteiger partial charge in [-0.15, -0.1) is 0 Å². The fourth-order valence-corrected chi connectivity index (χ4v) is 3.03. The van der Waals surface area contributed by atoms with Crippen LogP contribution < -0.4 is 9.62 Å². The van der Waals surface area contributed by atoms with E-state index in [1.54, 1.807) is 0 Å². The first-order valence-corrected chi connectivity index (χ1v) is 7.77. The third-order valence-electron chi connectivity index (χ3n) is 4.02. The molecular formula is C15H19N3O2S. The minimum atomic E-state index is -0.261. The SMILES string of the molecule is O=C(NCC1CCCCC1)N(S)c1noc2ccccc12. The molecule has 1 fully saturated rings. The lowest BCUT2D eigenvalue weighted by atomic mass is 9.89. The molecule has 0 saturated heterocycles. The number of anilines is 1. The molecule has 0 radical (unpaired) electrons. The normalized spacial score (nSPS) is 16.0. The molecule has 112 valence electrons. The molecule has 1 aliphatic rings. The lowest BCUT2D eigenvalue weighted by Gasteiger charge is -2.22. The second-order valence-corrected chi connectivity index (χ2v) is 5.90. The Balaban J connectivity index is 1.64. The van der Waals surface area contributed by atoms with Gasteiger partial charge in [0.2, 0.25) is 0 Å². The fraction of sp³-hybridized carbons (Fsp3) is 0.467. The molecule has 5 nitrogen and oxygen atoms in total. The third-order valence-corrected chi connectivity index (χ3v) is 4.39. The topological polar surface area (TPSA) is 58.4 Å². The van der Waals surface area contributed by atoms with Gasteiger partial charge in [0.15, 0.2) is 11.4 Å². The smallest absolute Gasteiger partial charge is 0.333 e. The number of benzene rings is 1. The van der Waals surface area contributed by atoms with Gasteiger partial charge in [-0.05, 0) is 30.9 Å². The van der Waals surface area contributed by atoms with Gasteiger partial charge in [-0.25, -0.2) is 9.10 Å². The number of aromatic nitrogens is 1. The number of hydrogen-bond donors (Lipinski definition) is 2. The highest BCUT2D eigenvalue weighted by atomic mass is 32.1. The Morgan fingerprint density at radius 3 is 2.90 bits per heavy atom. The van der Waals surface area contributed by atoms with Gasteiger partial charge in [0.05, 0.1) is 5.39 Å². The van der Waals surface area contributed by atoms with Crippen LogP contribution in [-0.2, 0) is 0 Å². The van der Waals surface area contributed by atoms with E-state index in [-0.39, 0.29) is 6.03 Å². The van der Waals surface area contributed by atoms with Crippen molar-refractivity contribution in [2.24, 2.45) is 5.92 Å². The number of fused-ring (bicyclic) bond motifs is 1. The molecule has 0 aliphatic heterocycles. The van der Waals surface area contributed by atoms with E-state index >= 15 is 0 Å². The van der Waals surface area contributed by atoms with Crippen molar-refractivity contribution in [1.82, 2.24) is 10.5 Å². The molecule has 0 atom stereocenters. The van der Waals surface area contributed by atoms with E-state index in [4.69, 9.17) is 4.52 Å². The Kier molecular flexibility index (Phi) is 4.34. The van der Waals surface area contributed by atoms with Gasteiger partial charge in [0.1, 0.15) is 0 Å². The van der Waals surface area contributed by atoms with Crippen molar-refractivity contribution >= 4 is 35.6 Å². The number of carbonyl (C=O) groups excluding carboxylic acids is 1. The zero-order valence-corrected chi connectivity index (χ0v) is 12.7. The van der Waals surface area contributed by atoms with Gasteiger partial charge in [0, 0.05) is 6.54 Å². The minimum Gasteiger partial charge on any atom is -0.354 e. The molecule has 3 rings (SSSR count). The quantitative estimate of drug-likeness (QED) is 0.849. The summed E-state index contributed by atoms with van der Waals surface area (Å²) in [6, 6.07) is 7.16. The number of urea groups is 1. The first-order valence-electron chi connectivity index (χ1n) is 7.37. The number of nitrogens with one attached hydrogen (secondary N) is 1. The van der Waals surface area contributed by atoms with Crippen LogP contribution in [0.5, 0.6) is 0 Å². The molecule has 21 heavy (non-hydrogen) atoms. The number of para-hydroxylation sites is 1. The summed E-state index contributed by atoms with van der Waals surface area (Å²) in [6.07, 6.45) is 6.23. The average Bonchev–Trinajstić information content (AvgIpc) is 2.97. The van der Waals surface area contributed by atoms with Crippen molar-refractivity contribution in [3.05, 3.63) is 24.3 Å². The molecule has 1 N–H and O–H groups in total. The number of nitrogens with zero attached hydrogens (tertiary/aromatic N) is 2. The highest BCUT2D eigenvalue weighted by molar-refractivity contribution is 7.82. The van der Waals surface area contributed by atoms with E-state index in [1.807, 2.05) is 24.3 Å². The van der Waals surface area contributed by atoms with Crippen LogP contribution in [0.4, 0.5) is 10.6 Å². The molecule has 1 aromatic carbocycles. The standard InChI is InChI=1S/C15H19N3O2S/c19-15(16-10-11-6-2-1-3-7-11)18(21)14-12-8-4-5-9-13(12)20-17-14/h4-5,8-9,11,21H,1-3,6-7,10H2,(H,16,19). The Labute approximate surface area is 129 Å². The largest absolute Gasteiger partial charge is 0.354 e. The number of thiol groups is 1. The number of amides is 2. The van der Waals surface area contributed by atoms with Gasteiger partial charge in [-0.3, -0.25) is 0 Å². The molecule has 2 aromatic rings. The highest BCUT2D eigenvalue weighted by Crippen LogP contribution is 2.27. The summed E-state index contributed by atoms with van der Waals surface area (Å²) in [5, 5.41) is 7.64. The molecule has 2 amide bonds. The molecule has 0 bridgehead atoms. The van der Waals surface area contributed by atoms with Crippen molar-refractivity contribution in [1.29, 1.82) is 0 Å². The second kappa shape index (κ2) is 6.39. The summed E-state index contributed by atoms with van der Waals surface area (Å²) in [5.74, 6) is 1.01. The maximum absolute atomic E-state index is 12.2. The van der Waals surface area contributed by atoms with E-state index < -0.39 is 0 Å². The maximum Gasteiger partial charge on any atom is 0.333 e. The molecule has 1 aliphatic carbocycles. The molecular weight excluding hydrogens is 286 g/mol. The molecule has 1 saturated carbocycles. The summed E-state index contributed by atoms with van der Waals surface area (Å²) < 4.78 is 6.41. The molecule has 1 aromatic heterocycles. The Morgan fingerprint density at radius 1 is 1.33 bits per heavy atom. The van der Waals surface area contributed by atoms with Gasteiger partial charge < -0.3 is 9.84 Å². The maximum atomic E-state index is 12.2. The summed E-state index contributed by atoms with van der Waals surface area (Å²) in [7, 11) is 0. The van der Waals surface area contributed by atoms with Crippen molar-refractivity contribution in [3.8, 4) is 0 Å². The fourth-order valence-electron chi connectivity index (χ4n) is 2.82. The van der Waals surface area contributed by atoms with Gasteiger partial charge >= 0.3 is 6.03 Å². The number of carbonyl (C=O) groups is 1. The molecule has 1 heterocycles. The molecule has 6 heteroatoms. The van der Waals surface area contributed by atoms with Crippen molar-refractivity contribution < 1.29 is 9.32 Å². The predicted octanol–water partition coefficient (Wildman–Crippen LogP) is 3.77. The highest BCUT2D eigenvalue weighted by Gasteiger charge is 2.20. The monoisotopic (exact) mass is 305 g/mol. The van der Waals surface area contributed by atoms with Crippen molar-refractivity contribution in [3.63, 3.8) is 0 Å². The van der Waals surface area contributed by atoms with E-state index in [0.29, 0.717) is 23.9 Å². The Bertz CT molecular complexity index is 622. The summed E-state index contributed by atoms with van der Waals surface area (Å²) in [5.41, 5.74) is 0.645. The van der Waals surface area contributed by atoms with E-state index in [9.17, 15) is 4.79 Å². The summed E-state index contributed by atoms with van der Waals surface area (Å²) >= 11 is 4.25. The lowest BCUT2D eigenvalue weighted by Crippen LogP contribution is -2.37. The first kappa shape index (κ1) is 14.3. The van der Waals surface area contributed by atoms with E-state index in [2.05, 4.69) is 23.3 Å². The van der Waals surface area contributed by atoms with Crippen LogP contribution in [0.1, 0.15) is 32.1 Å². The van der Waals surface area contributed by atoms with E-state index in [1.165, 1.54) is 36.4 Å². The number of rotatable bonds is 3. The summed E-state index contributed by atoms with van der Waals surface area (Å²) in [6.45, 7) is 0.700. The third kappa shape index (κ3) is 3.15. The Hall–Kier alpha value is -1.69. The Morgan fingerprint density at radius 2 is 2.10 bits per heavy atom.